The van der Waals surface area contributed by atoms with Gasteiger partial charge in [0, 0.05) is 0 Å². The Morgan fingerprint density at radius 1 is 1.12 bits per heavy atom. The SMILES string of the molecule is Cc1ccc(C)c(Oc2c(C(F)(F)F)oc3c(C[NH+]4C[C@H](C)O[C@@H](C)C4)c(O)ccc3c2=O)c1. The molecule has 2 N–H and O–H groups in total. The highest BCUT2D eigenvalue weighted by molar-refractivity contribution is 5.83. The van der Waals surface area contributed by atoms with Crippen LogP contribution < -0.4 is 15.1 Å². The number of morpholine rings is 1. The van der Waals surface area contributed by atoms with Crippen LogP contribution in [0, 0.1) is 13.8 Å². The summed E-state index contributed by atoms with van der Waals surface area (Å²) in [5.41, 5.74) is 0.251. The van der Waals surface area contributed by atoms with Crippen LogP contribution in [0.4, 0.5) is 13.2 Å². The summed E-state index contributed by atoms with van der Waals surface area (Å²) in [7, 11) is 0. The maximum absolute atomic E-state index is 14.0. The number of phenols is 1. The Labute approximate surface area is 194 Å². The number of fused-ring (bicyclic) bond motifs is 1. The smallest absolute Gasteiger partial charge is 0.453 e. The number of quaternary nitrogens is 1. The van der Waals surface area contributed by atoms with Crippen LogP contribution in [0.1, 0.15) is 36.3 Å². The van der Waals surface area contributed by atoms with Gasteiger partial charge >= 0.3 is 6.18 Å². The zero-order valence-electron chi connectivity index (χ0n) is 19.4. The number of hydrogen-bond donors (Lipinski definition) is 2. The summed E-state index contributed by atoms with van der Waals surface area (Å²) in [4.78, 5) is 14.3. The number of nitrogens with one attached hydrogen (secondary N) is 1. The highest BCUT2D eigenvalue weighted by Crippen LogP contribution is 2.40. The lowest BCUT2D eigenvalue weighted by molar-refractivity contribution is -0.928. The molecule has 1 aliphatic heterocycles. The average molecular weight is 478 g/mol. The maximum Gasteiger partial charge on any atom is 0.453 e. The minimum atomic E-state index is -4.99. The fourth-order valence-corrected chi connectivity index (χ4v) is 4.45. The predicted octanol–water partition coefficient (Wildman–Crippen LogP) is 4.12. The van der Waals surface area contributed by atoms with E-state index in [-0.39, 0.29) is 46.8 Å². The molecule has 34 heavy (non-hydrogen) atoms. The van der Waals surface area contributed by atoms with E-state index in [0.717, 1.165) is 10.5 Å². The van der Waals surface area contributed by atoms with E-state index in [0.29, 0.717) is 18.7 Å². The standard InChI is InChI=1S/C25H26F3NO5/c1-13-5-6-14(2)20(9-13)33-23-21(31)17-7-8-19(30)18(22(17)34-24(23)25(26,27)28)12-29-10-15(3)32-16(4)11-29/h5-9,15-16,30H,10-12H2,1-4H3/p+1/t15-,16-/m0/s1. The molecule has 2 heterocycles. The molecule has 2 atom stereocenters. The average Bonchev–Trinajstić information content (AvgIpc) is 2.73. The second-order valence-corrected chi connectivity index (χ2v) is 8.99. The zero-order valence-corrected chi connectivity index (χ0v) is 19.4. The molecule has 4 rings (SSSR count). The molecule has 0 amide bonds. The molecule has 3 aromatic rings. The molecule has 0 radical (unpaired) electrons. The molecule has 1 saturated heterocycles. The molecule has 2 aromatic carbocycles. The van der Waals surface area contributed by atoms with Crippen molar-refractivity contribution >= 4 is 11.0 Å². The largest absolute Gasteiger partial charge is 0.507 e. The second-order valence-electron chi connectivity index (χ2n) is 8.99. The summed E-state index contributed by atoms with van der Waals surface area (Å²) < 4.78 is 58.7. The number of ether oxygens (including phenoxy) is 2. The number of aromatic hydroxyl groups is 1. The van der Waals surface area contributed by atoms with Crippen molar-refractivity contribution in [1.82, 2.24) is 0 Å². The lowest BCUT2D eigenvalue weighted by Crippen LogP contribution is -3.14. The number of halogens is 3. The van der Waals surface area contributed by atoms with Gasteiger partial charge in [-0.25, -0.2) is 0 Å². The third kappa shape index (κ3) is 4.76. The number of alkyl halides is 3. The number of hydrogen-bond acceptors (Lipinski definition) is 5. The lowest BCUT2D eigenvalue weighted by Gasteiger charge is -2.32. The highest BCUT2D eigenvalue weighted by atomic mass is 19.4. The molecule has 0 aliphatic carbocycles. The fourth-order valence-electron chi connectivity index (χ4n) is 4.45. The molecule has 182 valence electrons. The molecular formula is C25H27F3NO5+. The molecule has 0 unspecified atom stereocenters. The molecule has 1 aromatic heterocycles. The number of benzene rings is 2. The Morgan fingerprint density at radius 3 is 2.44 bits per heavy atom. The van der Waals surface area contributed by atoms with E-state index in [1.165, 1.54) is 12.1 Å². The van der Waals surface area contributed by atoms with Crippen molar-refractivity contribution < 1.29 is 37.1 Å². The van der Waals surface area contributed by atoms with Crippen LogP contribution in [0.15, 0.2) is 39.5 Å². The van der Waals surface area contributed by atoms with Crippen LogP contribution in [0.5, 0.6) is 17.2 Å². The first-order valence-electron chi connectivity index (χ1n) is 11.1. The zero-order chi connectivity index (χ0) is 24.8. The van der Waals surface area contributed by atoms with E-state index in [2.05, 4.69) is 0 Å². The molecule has 0 saturated carbocycles. The molecule has 0 bridgehead atoms. The number of phenolic OH excluding ortho intramolecular Hbond substituents is 1. The normalized spacial score (nSPS) is 21.1. The van der Waals surface area contributed by atoms with Crippen LogP contribution in [0.25, 0.3) is 11.0 Å². The Morgan fingerprint density at radius 2 is 1.79 bits per heavy atom. The molecule has 1 aliphatic rings. The lowest BCUT2D eigenvalue weighted by atomic mass is 10.1. The molecule has 0 spiro atoms. The van der Waals surface area contributed by atoms with Crippen LogP contribution in [0.3, 0.4) is 0 Å². The van der Waals surface area contributed by atoms with Gasteiger partial charge in [-0.2, -0.15) is 13.2 Å². The van der Waals surface area contributed by atoms with Gasteiger partial charge in [-0.15, -0.1) is 0 Å². The molecule has 1 fully saturated rings. The van der Waals surface area contributed by atoms with Crippen LogP contribution >= 0.6 is 0 Å². The van der Waals surface area contributed by atoms with Crippen LogP contribution in [-0.4, -0.2) is 30.4 Å². The van der Waals surface area contributed by atoms with E-state index in [9.17, 15) is 23.1 Å². The van der Waals surface area contributed by atoms with Gasteiger partial charge in [-0.05, 0) is 57.0 Å². The fraction of sp³-hybridized carbons (Fsp3) is 0.400. The summed E-state index contributed by atoms with van der Waals surface area (Å²) in [5.74, 6) is -2.55. The minimum absolute atomic E-state index is 0.0498. The van der Waals surface area contributed by atoms with Crippen LogP contribution in [-0.2, 0) is 17.5 Å². The van der Waals surface area contributed by atoms with E-state index in [1.54, 1.807) is 32.0 Å². The first kappa shape index (κ1) is 24.1. The number of aryl methyl sites for hydroxylation is 2. The topological polar surface area (TPSA) is 73.3 Å². The van der Waals surface area contributed by atoms with Crippen molar-refractivity contribution in [1.29, 1.82) is 0 Å². The summed E-state index contributed by atoms with van der Waals surface area (Å²) in [6.07, 6.45) is -5.09. The predicted molar refractivity (Wildman–Crippen MR) is 120 cm³/mol. The van der Waals surface area contributed by atoms with Crippen molar-refractivity contribution in [3.8, 4) is 17.2 Å². The van der Waals surface area contributed by atoms with E-state index >= 15 is 0 Å². The van der Waals surface area contributed by atoms with Gasteiger partial charge < -0.3 is 23.9 Å². The first-order chi connectivity index (χ1) is 15.9. The van der Waals surface area contributed by atoms with Gasteiger partial charge in [0.1, 0.15) is 43.3 Å². The summed E-state index contributed by atoms with van der Waals surface area (Å²) in [6, 6.07) is 7.61. The van der Waals surface area contributed by atoms with Gasteiger partial charge in [0.25, 0.3) is 5.76 Å². The Hall–Kier alpha value is -3.04. The summed E-state index contributed by atoms with van der Waals surface area (Å²) >= 11 is 0. The van der Waals surface area contributed by atoms with Gasteiger partial charge in [-0.3, -0.25) is 4.79 Å². The Kier molecular flexibility index (Phi) is 6.35. The Balaban J connectivity index is 1.87. The van der Waals surface area contributed by atoms with Gasteiger partial charge in [-0.1, -0.05) is 12.1 Å². The minimum Gasteiger partial charge on any atom is -0.507 e. The number of rotatable bonds is 4. The van der Waals surface area contributed by atoms with Gasteiger partial charge in [0.05, 0.1) is 10.9 Å². The van der Waals surface area contributed by atoms with Crippen molar-refractivity contribution in [3.05, 3.63) is 63.0 Å². The van der Waals surface area contributed by atoms with E-state index in [1.807, 2.05) is 13.8 Å². The summed E-state index contributed by atoms with van der Waals surface area (Å²) in [5, 5.41) is 10.4. The molecule has 6 nitrogen and oxygen atoms in total. The monoisotopic (exact) mass is 478 g/mol. The third-order valence-electron chi connectivity index (χ3n) is 5.95. The van der Waals surface area contributed by atoms with Crippen LogP contribution in [0.2, 0.25) is 0 Å². The van der Waals surface area contributed by atoms with Crippen molar-refractivity contribution in [2.24, 2.45) is 0 Å². The highest BCUT2D eigenvalue weighted by Gasteiger charge is 2.41. The van der Waals surface area contributed by atoms with Gasteiger partial charge in [0.2, 0.25) is 11.2 Å². The Bertz CT molecular complexity index is 1270. The van der Waals surface area contributed by atoms with Crippen molar-refractivity contribution in [2.45, 2.75) is 52.6 Å². The summed E-state index contributed by atoms with van der Waals surface area (Å²) in [6.45, 7) is 8.65. The third-order valence-corrected chi connectivity index (χ3v) is 5.95. The second kappa shape index (κ2) is 8.96. The van der Waals surface area contributed by atoms with E-state index in [4.69, 9.17) is 13.9 Å². The molecule has 9 heteroatoms. The first-order valence-corrected chi connectivity index (χ1v) is 11.1. The van der Waals surface area contributed by atoms with E-state index < -0.39 is 23.1 Å². The van der Waals surface area contributed by atoms with Crippen molar-refractivity contribution in [2.75, 3.05) is 13.1 Å². The molecular weight excluding hydrogens is 451 g/mol. The quantitative estimate of drug-likeness (QED) is 0.590. The maximum atomic E-state index is 14.0. The van der Waals surface area contributed by atoms with Gasteiger partial charge in [0.15, 0.2) is 5.58 Å². The van der Waals surface area contributed by atoms with Crippen molar-refractivity contribution in [3.63, 3.8) is 0 Å².